The Morgan fingerprint density at radius 1 is 1.53 bits per heavy atom. The maximum atomic E-state index is 11.4. The van der Waals surface area contributed by atoms with Gasteiger partial charge in [0.1, 0.15) is 11.1 Å². The summed E-state index contributed by atoms with van der Waals surface area (Å²) >= 11 is 1.33. The van der Waals surface area contributed by atoms with Gasteiger partial charge in [-0.25, -0.2) is 9.78 Å². The minimum atomic E-state index is -0.676. The molecule has 0 saturated carbocycles. The molecule has 92 valence electrons. The van der Waals surface area contributed by atoms with Crippen molar-refractivity contribution in [2.24, 2.45) is 0 Å². The van der Waals surface area contributed by atoms with Gasteiger partial charge in [-0.2, -0.15) is 0 Å². The first kappa shape index (κ1) is 13.4. The highest BCUT2D eigenvalue weighted by molar-refractivity contribution is 7.99. The fourth-order valence-electron chi connectivity index (χ4n) is 1.08. The van der Waals surface area contributed by atoms with Gasteiger partial charge in [-0.3, -0.25) is 9.78 Å². The maximum absolute atomic E-state index is 11.4. The summed E-state index contributed by atoms with van der Waals surface area (Å²) in [6, 6.07) is -0.676. The van der Waals surface area contributed by atoms with Gasteiger partial charge in [-0.05, 0) is 0 Å². The number of nitrogens with one attached hydrogen (secondary N) is 1. The minimum Gasteiger partial charge on any atom is -0.467 e. The van der Waals surface area contributed by atoms with Gasteiger partial charge >= 0.3 is 5.97 Å². The van der Waals surface area contributed by atoms with Gasteiger partial charge in [0.15, 0.2) is 0 Å². The van der Waals surface area contributed by atoms with E-state index in [4.69, 9.17) is 0 Å². The summed E-state index contributed by atoms with van der Waals surface area (Å²) in [6.07, 6.45) is 4.72. The number of esters is 1. The van der Waals surface area contributed by atoms with E-state index < -0.39 is 12.0 Å². The third-order valence-corrected chi connectivity index (χ3v) is 2.81. The van der Waals surface area contributed by atoms with Crippen molar-refractivity contribution in [3.63, 3.8) is 0 Å². The quantitative estimate of drug-likeness (QED) is 0.600. The Balaban J connectivity index is 2.55. The molecule has 1 atom stereocenters. The van der Waals surface area contributed by atoms with Crippen molar-refractivity contribution in [1.29, 1.82) is 0 Å². The highest BCUT2D eigenvalue weighted by Gasteiger charge is 2.20. The molecule has 17 heavy (non-hydrogen) atoms. The largest absolute Gasteiger partial charge is 0.467 e. The minimum absolute atomic E-state index is 0.278. The number of amides is 1. The van der Waals surface area contributed by atoms with Gasteiger partial charge in [-0.15, -0.1) is 11.8 Å². The Morgan fingerprint density at radius 3 is 2.82 bits per heavy atom. The summed E-state index contributed by atoms with van der Waals surface area (Å²) in [4.78, 5) is 30.3. The molecule has 1 unspecified atom stereocenters. The van der Waals surface area contributed by atoms with Crippen LogP contribution in [-0.2, 0) is 14.3 Å². The monoisotopic (exact) mass is 255 g/mol. The Labute approximate surface area is 103 Å². The molecule has 1 amide bonds. The van der Waals surface area contributed by atoms with Gasteiger partial charge in [0.2, 0.25) is 5.91 Å². The first-order valence-corrected chi connectivity index (χ1v) is 5.85. The fraction of sp³-hybridized carbons (Fsp3) is 0.400. The van der Waals surface area contributed by atoms with Gasteiger partial charge in [0.25, 0.3) is 0 Å². The fourth-order valence-corrected chi connectivity index (χ4v) is 1.91. The Hall–Kier alpha value is -1.63. The third-order valence-electron chi connectivity index (χ3n) is 1.80. The van der Waals surface area contributed by atoms with Crippen molar-refractivity contribution in [3.8, 4) is 0 Å². The molecule has 1 heterocycles. The number of aromatic nitrogens is 2. The molecule has 1 aromatic heterocycles. The molecular formula is C10H13N3O3S. The SMILES string of the molecule is COC(=O)C(CSc1cnccn1)NC(C)=O. The molecule has 1 N–H and O–H groups in total. The van der Waals surface area contributed by atoms with Crippen LogP contribution in [0.4, 0.5) is 0 Å². The number of carbonyl (C=O) groups is 2. The molecule has 0 aliphatic heterocycles. The molecule has 0 aliphatic carbocycles. The standard InChI is InChI=1S/C10H13N3O3S/c1-7(14)13-8(10(15)16-2)6-17-9-5-11-3-4-12-9/h3-5,8H,6H2,1-2H3,(H,13,14). The smallest absolute Gasteiger partial charge is 0.329 e. The average molecular weight is 255 g/mol. The number of ether oxygens (including phenoxy) is 1. The van der Waals surface area contributed by atoms with Crippen LogP contribution in [0.1, 0.15) is 6.92 Å². The van der Waals surface area contributed by atoms with E-state index in [0.29, 0.717) is 10.8 Å². The van der Waals surface area contributed by atoms with Gasteiger partial charge < -0.3 is 10.1 Å². The van der Waals surface area contributed by atoms with E-state index in [1.54, 1.807) is 18.6 Å². The molecule has 0 saturated heterocycles. The van der Waals surface area contributed by atoms with Gasteiger partial charge in [0, 0.05) is 25.1 Å². The average Bonchev–Trinajstić information content (AvgIpc) is 2.34. The summed E-state index contributed by atoms with van der Waals surface area (Å²) in [5, 5.41) is 3.21. The zero-order chi connectivity index (χ0) is 12.7. The predicted octanol–water partition coefficient (Wildman–Crippen LogP) is 0.246. The predicted molar refractivity (Wildman–Crippen MR) is 62.4 cm³/mol. The second-order valence-corrected chi connectivity index (χ2v) is 4.17. The topological polar surface area (TPSA) is 81.2 Å². The lowest BCUT2D eigenvalue weighted by Crippen LogP contribution is -2.42. The Bertz CT molecular complexity index is 386. The number of nitrogens with zero attached hydrogens (tertiary/aromatic N) is 2. The van der Waals surface area contributed by atoms with E-state index in [9.17, 15) is 9.59 Å². The Kier molecular flexibility index (Phi) is 5.41. The summed E-state index contributed by atoms with van der Waals surface area (Å²) in [7, 11) is 1.28. The third kappa shape index (κ3) is 4.81. The van der Waals surface area contributed by atoms with Crippen LogP contribution in [0.5, 0.6) is 0 Å². The molecule has 0 spiro atoms. The van der Waals surface area contributed by atoms with Crippen LogP contribution in [0.3, 0.4) is 0 Å². The molecule has 7 heteroatoms. The molecule has 1 aromatic rings. The second-order valence-electron chi connectivity index (χ2n) is 3.13. The second kappa shape index (κ2) is 6.85. The van der Waals surface area contributed by atoms with Gasteiger partial charge in [0.05, 0.1) is 13.3 Å². The molecule has 0 radical (unpaired) electrons. The van der Waals surface area contributed by atoms with Crippen molar-refractivity contribution in [3.05, 3.63) is 18.6 Å². The van der Waals surface area contributed by atoms with Crippen molar-refractivity contribution in [2.45, 2.75) is 18.0 Å². The molecule has 0 bridgehead atoms. The van der Waals surface area contributed by atoms with Crippen molar-refractivity contribution in [2.75, 3.05) is 12.9 Å². The lowest BCUT2D eigenvalue weighted by Gasteiger charge is -2.14. The lowest BCUT2D eigenvalue weighted by atomic mass is 10.3. The van der Waals surface area contributed by atoms with E-state index in [1.807, 2.05) is 0 Å². The molecule has 0 aromatic carbocycles. The zero-order valence-electron chi connectivity index (χ0n) is 9.54. The van der Waals surface area contributed by atoms with E-state index in [-0.39, 0.29) is 5.91 Å². The van der Waals surface area contributed by atoms with E-state index >= 15 is 0 Å². The van der Waals surface area contributed by atoms with Crippen molar-refractivity contribution < 1.29 is 14.3 Å². The normalized spacial score (nSPS) is 11.6. The lowest BCUT2D eigenvalue weighted by molar-refractivity contribution is -0.144. The van der Waals surface area contributed by atoms with Crippen LogP contribution < -0.4 is 5.32 Å². The number of thioether (sulfide) groups is 1. The van der Waals surface area contributed by atoms with E-state index in [1.165, 1.54) is 25.8 Å². The molecule has 0 aliphatic rings. The van der Waals surface area contributed by atoms with Crippen molar-refractivity contribution in [1.82, 2.24) is 15.3 Å². The van der Waals surface area contributed by atoms with Crippen molar-refractivity contribution >= 4 is 23.6 Å². The highest BCUT2D eigenvalue weighted by atomic mass is 32.2. The summed E-state index contributed by atoms with van der Waals surface area (Å²) in [5.74, 6) is -0.401. The first-order chi connectivity index (χ1) is 8.13. The van der Waals surface area contributed by atoms with Crippen LogP contribution in [0.2, 0.25) is 0 Å². The highest BCUT2D eigenvalue weighted by Crippen LogP contribution is 2.14. The number of methoxy groups -OCH3 is 1. The molecule has 0 fully saturated rings. The van der Waals surface area contributed by atoms with E-state index in [0.717, 1.165) is 0 Å². The molecule has 1 rings (SSSR count). The van der Waals surface area contributed by atoms with Crippen LogP contribution >= 0.6 is 11.8 Å². The van der Waals surface area contributed by atoms with Gasteiger partial charge in [-0.1, -0.05) is 0 Å². The molecular weight excluding hydrogens is 242 g/mol. The van der Waals surface area contributed by atoms with Crippen LogP contribution in [0.15, 0.2) is 23.6 Å². The number of carbonyl (C=O) groups excluding carboxylic acids is 2. The van der Waals surface area contributed by atoms with Crippen LogP contribution in [0.25, 0.3) is 0 Å². The summed E-state index contributed by atoms with van der Waals surface area (Å²) in [6.45, 7) is 1.35. The summed E-state index contributed by atoms with van der Waals surface area (Å²) in [5.41, 5.74) is 0. The number of rotatable bonds is 5. The maximum Gasteiger partial charge on any atom is 0.329 e. The summed E-state index contributed by atoms with van der Waals surface area (Å²) < 4.78 is 4.60. The zero-order valence-corrected chi connectivity index (χ0v) is 10.4. The Morgan fingerprint density at radius 2 is 2.29 bits per heavy atom. The molecule has 6 nitrogen and oxygen atoms in total. The number of hydrogen-bond acceptors (Lipinski definition) is 6. The first-order valence-electron chi connectivity index (χ1n) is 4.87. The number of hydrogen-bond donors (Lipinski definition) is 1. The van der Waals surface area contributed by atoms with E-state index in [2.05, 4.69) is 20.0 Å². The van der Waals surface area contributed by atoms with Crippen LogP contribution in [-0.4, -0.2) is 40.7 Å². The van der Waals surface area contributed by atoms with Crippen LogP contribution in [0, 0.1) is 0 Å².